The third-order valence-corrected chi connectivity index (χ3v) is 4.33. The van der Waals surface area contributed by atoms with Gasteiger partial charge in [-0.25, -0.2) is 0 Å². The van der Waals surface area contributed by atoms with E-state index in [2.05, 4.69) is 5.32 Å². The van der Waals surface area contributed by atoms with Crippen molar-refractivity contribution in [2.24, 2.45) is 0 Å². The molecule has 0 aliphatic carbocycles. The van der Waals surface area contributed by atoms with Crippen molar-refractivity contribution in [3.05, 3.63) is 53.0 Å². The topological polar surface area (TPSA) is 104 Å². The van der Waals surface area contributed by atoms with Gasteiger partial charge in [0.2, 0.25) is 5.91 Å². The lowest BCUT2D eigenvalue weighted by Crippen LogP contribution is -2.39. The summed E-state index contributed by atoms with van der Waals surface area (Å²) in [5, 5.41) is 10.5. The normalized spacial score (nSPS) is 15.8. The number of nitrogens with zero attached hydrogens (tertiary/aromatic N) is 1. The molecule has 0 bridgehead atoms. The fraction of sp³-hybridized carbons (Fsp3) is 0.222. The second kappa shape index (κ2) is 9.57. The van der Waals surface area contributed by atoms with Gasteiger partial charge in [-0.15, -0.1) is 0 Å². The molecule has 1 aromatic rings. The zero-order valence-corrected chi connectivity index (χ0v) is 14.7. The van der Waals surface area contributed by atoms with Gasteiger partial charge in [-0.05, 0) is 29.8 Å². The third-order valence-electron chi connectivity index (χ3n) is 3.40. The molecule has 0 radical (unpaired) electrons. The van der Waals surface area contributed by atoms with E-state index in [1.807, 2.05) is 36.4 Å². The second-order valence-electron chi connectivity index (χ2n) is 5.41. The van der Waals surface area contributed by atoms with E-state index in [9.17, 15) is 19.2 Å². The molecule has 136 valence electrons. The van der Waals surface area contributed by atoms with Crippen molar-refractivity contribution in [1.82, 2.24) is 10.2 Å². The standard InChI is InChI=1S/C18H18N2O5S/c21-15(19-11-5-10-16(22)23)12-20-17(24)14(26-18(20)25)9-4-8-13-6-2-1-3-7-13/h1-4,6-9H,5,10-12H2,(H,19,21)(H,22,23)/b8-4+,14-9-. The van der Waals surface area contributed by atoms with Crippen molar-refractivity contribution in [2.45, 2.75) is 12.8 Å². The number of hydrogen-bond acceptors (Lipinski definition) is 5. The lowest BCUT2D eigenvalue weighted by Gasteiger charge is -2.12. The molecule has 1 aromatic carbocycles. The second-order valence-corrected chi connectivity index (χ2v) is 6.40. The molecule has 0 spiro atoms. The van der Waals surface area contributed by atoms with E-state index in [4.69, 9.17) is 5.11 Å². The average molecular weight is 374 g/mol. The highest BCUT2D eigenvalue weighted by molar-refractivity contribution is 8.18. The summed E-state index contributed by atoms with van der Waals surface area (Å²) in [5.41, 5.74) is 0.962. The lowest BCUT2D eigenvalue weighted by molar-refractivity contribution is -0.137. The molecule has 7 nitrogen and oxygen atoms in total. The first kappa shape index (κ1) is 19.5. The van der Waals surface area contributed by atoms with Crippen LogP contribution in [0.4, 0.5) is 4.79 Å². The molecular formula is C18H18N2O5S. The lowest BCUT2D eigenvalue weighted by atomic mass is 10.2. The Bertz CT molecular complexity index is 758. The number of thioether (sulfide) groups is 1. The van der Waals surface area contributed by atoms with Crippen molar-refractivity contribution in [2.75, 3.05) is 13.1 Å². The van der Waals surface area contributed by atoms with E-state index in [0.29, 0.717) is 0 Å². The summed E-state index contributed by atoms with van der Waals surface area (Å²) in [5.74, 6) is -1.96. The Morgan fingerprint density at radius 3 is 2.62 bits per heavy atom. The Labute approximate surface area is 154 Å². The number of carbonyl (C=O) groups excluding carboxylic acids is 3. The van der Waals surface area contributed by atoms with Crippen molar-refractivity contribution in [3.8, 4) is 0 Å². The first-order valence-electron chi connectivity index (χ1n) is 7.93. The van der Waals surface area contributed by atoms with Crippen molar-refractivity contribution >= 4 is 40.9 Å². The number of aliphatic carboxylic acids is 1. The van der Waals surface area contributed by atoms with Crippen molar-refractivity contribution in [3.63, 3.8) is 0 Å². The predicted molar refractivity (Wildman–Crippen MR) is 98.1 cm³/mol. The average Bonchev–Trinajstić information content (AvgIpc) is 2.87. The number of carboxylic acids is 1. The van der Waals surface area contributed by atoms with Crippen LogP contribution in [0.3, 0.4) is 0 Å². The molecule has 1 saturated heterocycles. The monoisotopic (exact) mass is 374 g/mol. The number of carbonyl (C=O) groups is 4. The molecule has 8 heteroatoms. The number of benzene rings is 1. The molecular weight excluding hydrogens is 356 g/mol. The predicted octanol–water partition coefficient (Wildman–Crippen LogP) is 2.26. The van der Waals surface area contributed by atoms with Gasteiger partial charge in [0.15, 0.2) is 0 Å². The maximum Gasteiger partial charge on any atom is 0.303 e. The minimum absolute atomic E-state index is 0.0572. The summed E-state index contributed by atoms with van der Waals surface area (Å²) in [7, 11) is 0. The van der Waals surface area contributed by atoms with Gasteiger partial charge in [0.1, 0.15) is 6.54 Å². The van der Waals surface area contributed by atoms with E-state index in [1.165, 1.54) is 0 Å². The largest absolute Gasteiger partial charge is 0.481 e. The smallest absolute Gasteiger partial charge is 0.303 e. The third kappa shape index (κ3) is 5.89. The van der Waals surface area contributed by atoms with Gasteiger partial charge in [-0.1, -0.05) is 42.5 Å². The van der Waals surface area contributed by atoms with Crippen LogP contribution in [0.2, 0.25) is 0 Å². The Morgan fingerprint density at radius 2 is 1.92 bits per heavy atom. The Balaban J connectivity index is 1.87. The van der Waals surface area contributed by atoms with E-state index in [0.717, 1.165) is 22.2 Å². The van der Waals surface area contributed by atoms with E-state index < -0.39 is 23.0 Å². The number of hydrogen-bond donors (Lipinski definition) is 2. The Hall–Kier alpha value is -2.87. The van der Waals surface area contributed by atoms with Crippen LogP contribution < -0.4 is 5.32 Å². The fourth-order valence-electron chi connectivity index (χ4n) is 2.13. The van der Waals surface area contributed by atoms with Crippen LogP contribution in [0.5, 0.6) is 0 Å². The molecule has 1 heterocycles. The van der Waals surface area contributed by atoms with Crippen LogP contribution in [0, 0.1) is 0 Å². The zero-order valence-electron chi connectivity index (χ0n) is 13.9. The highest BCUT2D eigenvalue weighted by atomic mass is 32.2. The first-order valence-corrected chi connectivity index (χ1v) is 8.74. The number of imide groups is 1. The molecule has 0 saturated carbocycles. The van der Waals surface area contributed by atoms with E-state index in [1.54, 1.807) is 12.2 Å². The number of carboxylic acid groups (broad SMARTS) is 1. The highest BCUT2D eigenvalue weighted by Gasteiger charge is 2.35. The molecule has 2 N–H and O–H groups in total. The summed E-state index contributed by atoms with van der Waals surface area (Å²) in [6.45, 7) is -0.200. The molecule has 0 aromatic heterocycles. The van der Waals surface area contributed by atoms with Gasteiger partial charge in [0.05, 0.1) is 4.91 Å². The molecule has 0 atom stereocenters. The first-order chi connectivity index (χ1) is 12.5. The summed E-state index contributed by atoms with van der Waals surface area (Å²) in [6, 6.07) is 9.50. The number of nitrogens with one attached hydrogen (secondary N) is 1. The van der Waals surface area contributed by atoms with Gasteiger partial charge in [0, 0.05) is 13.0 Å². The van der Waals surface area contributed by atoms with Gasteiger partial charge < -0.3 is 10.4 Å². The number of rotatable bonds is 8. The van der Waals surface area contributed by atoms with Crippen LogP contribution in [-0.4, -0.2) is 46.1 Å². The molecule has 1 fully saturated rings. The van der Waals surface area contributed by atoms with Gasteiger partial charge >= 0.3 is 5.97 Å². The van der Waals surface area contributed by atoms with Crippen LogP contribution in [0.15, 0.2) is 47.4 Å². The maximum absolute atomic E-state index is 12.2. The summed E-state index contributed by atoms with van der Waals surface area (Å²) >= 11 is 0.781. The molecule has 0 unspecified atom stereocenters. The molecule has 1 aliphatic rings. The number of allylic oxidation sites excluding steroid dienone is 2. The van der Waals surface area contributed by atoms with E-state index in [-0.39, 0.29) is 30.8 Å². The van der Waals surface area contributed by atoms with Crippen LogP contribution in [-0.2, 0) is 14.4 Å². The SMILES string of the molecule is O=C(O)CCCNC(=O)CN1C(=O)S/C(=C\C=C\c2ccccc2)C1=O. The number of amides is 3. The van der Waals surface area contributed by atoms with E-state index >= 15 is 0 Å². The minimum Gasteiger partial charge on any atom is -0.481 e. The fourth-order valence-corrected chi connectivity index (χ4v) is 2.92. The summed E-state index contributed by atoms with van der Waals surface area (Å²) < 4.78 is 0. The molecule has 2 rings (SSSR count). The van der Waals surface area contributed by atoms with Crippen molar-refractivity contribution in [1.29, 1.82) is 0 Å². The molecule has 1 aliphatic heterocycles. The quantitative estimate of drug-likeness (QED) is 0.534. The maximum atomic E-state index is 12.2. The Morgan fingerprint density at radius 1 is 1.19 bits per heavy atom. The van der Waals surface area contributed by atoms with Gasteiger partial charge in [-0.3, -0.25) is 24.1 Å². The zero-order chi connectivity index (χ0) is 18.9. The van der Waals surface area contributed by atoms with Gasteiger partial charge in [0.25, 0.3) is 11.1 Å². The minimum atomic E-state index is -0.945. The van der Waals surface area contributed by atoms with Crippen LogP contribution in [0.1, 0.15) is 18.4 Å². The summed E-state index contributed by atoms with van der Waals surface area (Å²) in [4.78, 5) is 47.5. The summed E-state index contributed by atoms with van der Waals surface area (Å²) in [6.07, 6.45) is 5.26. The van der Waals surface area contributed by atoms with Crippen molar-refractivity contribution < 1.29 is 24.3 Å². The highest BCUT2D eigenvalue weighted by Crippen LogP contribution is 2.30. The van der Waals surface area contributed by atoms with Crippen LogP contribution in [0.25, 0.3) is 6.08 Å². The molecule has 3 amide bonds. The Kier molecular flexibility index (Phi) is 7.16. The molecule has 26 heavy (non-hydrogen) atoms. The van der Waals surface area contributed by atoms with Crippen LogP contribution >= 0.6 is 11.8 Å². The van der Waals surface area contributed by atoms with Gasteiger partial charge in [-0.2, -0.15) is 0 Å².